The summed E-state index contributed by atoms with van der Waals surface area (Å²) in [6.07, 6.45) is 2.02. The lowest BCUT2D eigenvalue weighted by Crippen LogP contribution is -2.33. The number of primary sulfonamides is 1. The molecule has 0 spiro atoms. The number of ether oxygens (including phenoxy) is 1. The molecule has 0 radical (unpaired) electrons. The molecule has 4 aromatic rings. The topological polar surface area (TPSA) is 72.6 Å². The van der Waals surface area contributed by atoms with Crippen molar-refractivity contribution < 1.29 is 13.2 Å². The Morgan fingerprint density at radius 3 is 2.06 bits per heavy atom. The third-order valence-corrected chi connectivity index (χ3v) is 7.76. The zero-order valence-electron chi connectivity index (χ0n) is 20.1. The van der Waals surface area contributed by atoms with Gasteiger partial charge in [-0.2, -0.15) is 0 Å². The molecule has 2 N–H and O–H groups in total. The number of anilines is 1. The Kier molecular flexibility index (Phi) is 7.07. The van der Waals surface area contributed by atoms with Gasteiger partial charge in [-0.3, -0.25) is 0 Å². The highest BCUT2D eigenvalue weighted by atomic mass is 32.2. The van der Waals surface area contributed by atoms with Crippen molar-refractivity contribution in [3.63, 3.8) is 0 Å². The van der Waals surface area contributed by atoms with Crippen LogP contribution in [-0.2, 0) is 16.6 Å². The summed E-state index contributed by atoms with van der Waals surface area (Å²) in [5.41, 5.74) is 4.79. The molecule has 0 saturated carbocycles. The molecule has 184 valence electrons. The predicted octanol–water partition coefficient (Wildman–Crippen LogP) is 5.96. The van der Waals surface area contributed by atoms with Crippen molar-refractivity contribution in [3.8, 4) is 16.9 Å². The zero-order valence-corrected chi connectivity index (χ0v) is 20.9. The predicted molar refractivity (Wildman–Crippen MR) is 145 cm³/mol. The average molecular weight is 499 g/mol. The summed E-state index contributed by atoms with van der Waals surface area (Å²) < 4.78 is 31.0. The van der Waals surface area contributed by atoms with Crippen molar-refractivity contribution >= 4 is 15.7 Å². The van der Waals surface area contributed by atoms with Crippen molar-refractivity contribution in [1.29, 1.82) is 0 Å². The lowest BCUT2D eigenvalue weighted by molar-refractivity contribution is 0.306. The maximum atomic E-state index is 12.6. The minimum absolute atomic E-state index is 0.142. The highest BCUT2D eigenvalue weighted by molar-refractivity contribution is 7.89. The van der Waals surface area contributed by atoms with Gasteiger partial charge in [0.15, 0.2) is 0 Å². The van der Waals surface area contributed by atoms with Crippen LogP contribution in [0.1, 0.15) is 29.9 Å². The van der Waals surface area contributed by atoms with Gasteiger partial charge in [0.2, 0.25) is 10.0 Å². The molecule has 0 aliphatic carbocycles. The van der Waals surface area contributed by atoms with E-state index < -0.39 is 10.0 Å². The SMILES string of the molecule is NS(=O)(=O)c1cccc(N2CCC(c3ccccc3)CC2)c1-c1ccc(OCc2ccccc2)cc1. The monoisotopic (exact) mass is 498 g/mol. The van der Waals surface area contributed by atoms with Crippen LogP contribution in [0.5, 0.6) is 5.75 Å². The van der Waals surface area contributed by atoms with E-state index in [0.29, 0.717) is 18.1 Å². The summed E-state index contributed by atoms with van der Waals surface area (Å²) in [6.45, 7) is 2.16. The third kappa shape index (κ3) is 5.45. The molecule has 4 aromatic carbocycles. The van der Waals surface area contributed by atoms with Crippen molar-refractivity contribution in [3.05, 3.63) is 114 Å². The van der Waals surface area contributed by atoms with Gasteiger partial charge < -0.3 is 9.64 Å². The second kappa shape index (κ2) is 10.6. The Balaban J connectivity index is 1.41. The van der Waals surface area contributed by atoms with Gasteiger partial charge in [-0.15, -0.1) is 0 Å². The van der Waals surface area contributed by atoms with Crippen LogP contribution in [0, 0.1) is 0 Å². The summed E-state index contributed by atoms with van der Waals surface area (Å²) in [4.78, 5) is 2.42. The summed E-state index contributed by atoms with van der Waals surface area (Å²) >= 11 is 0. The van der Waals surface area contributed by atoms with Crippen molar-refractivity contribution in [1.82, 2.24) is 0 Å². The fourth-order valence-electron chi connectivity index (χ4n) is 4.95. The molecule has 5 rings (SSSR count). The Hall–Kier alpha value is -3.61. The van der Waals surface area contributed by atoms with Crippen LogP contribution in [0.25, 0.3) is 11.1 Å². The summed E-state index contributed by atoms with van der Waals surface area (Å²) in [7, 11) is -3.91. The Bertz CT molecular complexity index is 1400. The van der Waals surface area contributed by atoms with E-state index in [2.05, 4.69) is 29.2 Å². The number of sulfonamides is 1. The van der Waals surface area contributed by atoms with E-state index >= 15 is 0 Å². The Morgan fingerprint density at radius 1 is 0.778 bits per heavy atom. The molecule has 0 amide bonds. The smallest absolute Gasteiger partial charge is 0.238 e. The molecule has 5 nitrogen and oxygen atoms in total. The minimum Gasteiger partial charge on any atom is -0.489 e. The van der Waals surface area contributed by atoms with Gasteiger partial charge in [0.05, 0.1) is 4.90 Å². The largest absolute Gasteiger partial charge is 0.489 e. The number of nitrogens with zero attached hydrogens (tertiary/aromatic N) is 1. The van der Waals surface area contributed by atoms with Crippen LogP contribution in [0.3, 0.4) is 0 Å². The number of nitrogens with two attached hydrogens (primary N) is 1. The first-order valence-electron chi connectivity index (χ1n) is 12.2. The standard InChI is InChI=1S/C30H30N2O3S/c31-36(33,34)29-13-7-12-28(32-20-18-25(19-21-32)24-10-5-2-6-11-24)30(29)26-14-16-27(17-15-26)35-22-23-8-3-1-4-9-23/h1-17,25H,18-22H2,(H2,31,33,34). The highest BCUT2D eigenvalue weighted by Crippen LogP contribution is 2.39. The van der Waals surface area contributed by atoms with Gasteiger partial charge in [0.1, 0.15) is 12.4 Å². The first-order valence-corrected chi connectivity index (χ1v) is 13.8. The molecule has 1 aliphatic heterocycles. The molecule has 36 heavy (non-hydrogen) atoms. The number of hydrogen-bond acceptors (Lipinski definition) is 4. The second-order valence-electron chi connectivity index (χ2n) is 9.17. The van der Waals surface area contributed by atoms with Crippen molar-refractivity contribution in [2.24, 2.45) is 5.14 Å². The van der Waals surface area contributed by atoms with Gasteiger partial charge in [-0.05, 0) is 59.7 Å². The van der Waals surface area contributed by atoms with Gasteiger partial charge in [-0.1, -0.05) is 78.9 Å². The quantitative estimate of drug-likeness (QED) is 0.341. The molecule has 1 saturated heterocycles. The highest BCUT2D eigenvalue weighted by Gasteiger charge is 2.26. The van der Waals surface area contributed by atoms with E-state index in [1.807, 2.05) is 66.7 Å². The van der Waals surface area contributed by atoms with Crippen LogP contribution < -0.4 is 14.8 Å². The fourth-order valence-corrected chi connectivity index (χ4v) is 5.72. The van der Waals surface area contributed by atoms with E-state index in [4.69, 9.17) is 9.88 Å². The van der Waals surface area contributed by atoms with Gasteiger partial charge in [0.25, 0.3) is 0 Å². The van der Waals surface area contributed by atoms with Crippen LogP contribution in [-0.4, -0.2) is 21.5 Å². The van der Waals surface area contributed by atoms with Gasteiger partial charge >= 0.3 is 0 Å². The molecule has 0 aromatic heterocycles. The summed E-state index contributed by atoms with van der Waals surface area (Å²) in [5, 5.41) is 5.66. The molecule has 0 unspecified atom stereocenters. The van der Waals surface area contributed by atoms with E-state index in [-0.39, 0.29) is 4.90 Å². The maximum Gasteiger partial charge on any atom is 0.238 e. The van der Waals surface area contributed by atoms with Crippen molar-refractivity contribution in [2.45, 2.75) is 30.3 Å². The van der Waals surface area contributed by atoms with Crippen molar-refractivity contribution in [2.75, 3.05) is 18.0 Å². The molecule has 1 aliphatic rings. The first kappa shape index (κ1) is 24.1. The summed E-state index contributed by atoms with van der Waals surface area (Å²) in [5.74, 6) is 1.23. The second-order valence-corrected chi connectivity index (χ2v) is 10.7. The minimum atomic E-state index is -3.91. The van der Waals surface area contributed by atoms with E-state index in [1.165, 1.54) is 5.56 Å². The number of piperidine rings is 1. The lowest BCUT2D eigenvalue weighted by atomic mass is 9.89. The summed E-state index contributed by atoms with van der Waals surface area (Å²) in [6, 6.07) is 33.5. The number of hydrogen-bond donors (Lipinski definition) is 1. The Morgan fingerprint density at radius 2 is 1.42 bits per heavy atom. The molecule has 1 heterocycles. The third-order valence-electron chi connectivity index (χ3n) is 6.81. The number of rotatable bonds is 7. The molecular formula is C30H30N2O3S. The van der Waals surface area contributed by atoms with Gasteiger partial charge in [0, 0.05) is 24.3 Å². The van der Waals surface area contributed by atoms with E-state index in [0.717, 1.165) is 48.5 Å². The van der Waals surface area contributed by atoms with Crippen LogP contribution >= 0.6 is 0 Å². The number of benzene rings is 4. The normalized spacial score (nSPS) is 14.5. The van der Waals surface area contributed by atoms with Crippen LogP contribution in [0.2, 0.25) is 0 Å². The molecule has 0 atom stereocenters. The molecule has 1 fully saturated rings. The average Bonchev–Trinajstić information content (AvgIpc) is 2.92. The van der Waals surface area contributed by atoms with E-state index in [9.17, 15) is 8.42 Å². The fraction of sp³-hybridized carbons (Fsp3) is 0.200. The van der Waals surface area contributed by atoms with Gasteiger partial charge in [-0.25, -0.2) is 13.6 Å². The molecular weight excluding hydrogens is 468 g/mol. The first-order chi connectivity index (χ1) is 17.5. The zero-order chi connectivity index (χ0) is 25.0. The maximum absolute atomic E-state index is 12.6. The van der Waals surface area contributed by atoms with Crippen LogP contribution in [0.15, 0.2) is 108 Å². The van der Waals surface area contributed by atoms with E-state index in [1.54, 1.807) is 12.1 Å². The molecule has 0 bridgehead atoms. The molecule has 6 heteroatoms. The Labute approximate surface area is 213 Å². The van der Waals surface area contributed by atoms with Crippen LogP contribution in [0.4, 0.5) is 5.69 Å². The lowest BCUT2D eigenvalue weighted by Gasteiger charge is -2.35.